The van der Waals surface area contributed by atoms with E-state index in [9.17, 15) is 4.79 Å². The summed E-state index contributed by atoms with van der Waals surface area (Å²) in [6.07, 6.45) is 0. The Morgan fingerprint density at radius 2 is 2.09 bits per heavy atom. The number of nitrogens with one attached hydrogen (secondary N) is 1. The number of aromatic nitrogens is 2. The van der Waals surface area contributed by atoms with Crippen molar-refractivity contribution in [3.05, 3.63) is 26.0 Å². The molecule has 0 spiro atoms. The molecule has 0 saturated carbocycles. The molecule has 2 aliphatic rings. The fourth-order valence-corrected chi connectivity index (χ4v) is 5.01. The van der Waals surface area contributed by atoms with E-state index >= 15 is 0 Å². The van der Waals surface area contributed by atoms with E-state index in [2.05, 4.69) is 31.1 Å². The molecule has 1 saturated heterocycles. The highest BCUT2D eigenvalue weighted by Gasteiger charge is 2.24. The van der Waals surface area contributed by atoms with Gasteiger partial charge in [-0.15, -0.1) is 11.8 Å². The SMILES string of the molecule is O=c1nc(N2CCNCC2)c2cc(Cl)c(Br)c3c2n1CCS3. The van der Waals surface area contributed by atoms with E-state index in [0.29, 0.717) is 11.6 Å². The van der Waals surface area contributed by atoms with Crippen molar-refractivity contribution in [2.24, 2.45) is 0 Å². The number of halogens is 2. The third-order valence-electron chi connectivity index (χ3n) is 4.07. The average molecular weight is 402 g/mol. The average Bonchev–Trinajstić information content (AvgIpc) is 2.56. The number of aryl methyl sites for hydroxylation is 1. The van der Waals surface area contributed by atoms with Crippen molar-refractivity contribution in [3.63, 3.8) is 0 Å². The molecule has 116 valence electrons. The van der Waals surface area contributed by atoms with Crippen molar-refractivity contribution < 1.29 is 0 Å². The summed E-state index contributed by atoms with van der Waals surface area (Å²) in [6, 6.07) is 1.93. The van der Waals surface area contributed by atoms with E-state index in [4.69, 9.17) is 11.6 Å². The summed E-state index contributed by atoms with van der Waals surface area (Å²) < 4.78 is 2.64. The van der Waals surface area contributed by atoms with Crippen molar-refractivity contribution in [2.75, 3.05) is 36.8 Å². The number of anilines is 1. The van der Waals surface area contributed by atoms with Gasteiger partial charge in [0.2, 0.25) is 0 Å². The number of hydrogen-bond donors (Lipinski definition) is 1. The molecule has 0 aliphatic carbocycles. The molecule has 1 fully saturated rings. The Balaban J connectivity index is 2.05. The minimum Gasteiger partial charge on any atom is -0.353 e. The van der Waals surface area contributed by atoms with Crippen molar-refractivity contribution in [1.82, 2.24) is 14.9 Å². The van der Waals surface area contributed by atoms with Crippen LogP contribution in [0.4, 0.5) is 5.82 Å². The molecular formula is C14H14BrClN4OS. The van der Waals surface area contributed by atoms with Crippen LogP contribution in [-0.4, -0.2) is 41.5 Å². The normalized spacial score (nSPS) is 18.0. The first-order valence-electron chi connectivity index (χ1n) is 7.18. The molecule has 1 aromatic heterocycles. The highest BCUT2D eigenvalue weighted by Crippen LogP contribution is 2.43. The fraction of sp³-hybridized carbons (Fsp3) is 0.429. The molecule has 22 heavy (non-hydrogen) atoms. The number of nitrogens with zero attached hydrogens (tertiary/aromatic N) is 3. The first-order valence-corrected chi connectivity index (χ1v) is 9.33. The zero-order chi connectivity index (χ0) is 15.3. The molecule has 0 unspecified atom stereocenters. The van der Waals surface area contributed by atoms with Gasteiger partial charge >= 0.3 is 5.69 Å². The molecule has 4 rings (SSSR count). The Kier molecular flexibility index (Phi) is 3.84. The minimum absolute atomic E-state index is 0.170. The Morgan fingerprint density at radius 3 is 2.86 bits per heavy atom. The summed E-state index contributed by atoms with van der Waals surface area (Å²) in [5, 5.41) is 4.96. The van der Waals surface area contributed by atoms with Gasteiger partial charge < -0.3 is 10.2 Å². The van der Waals surface area contributed by atoms with Gasteiger partial charge in [0.05, 0.1) is 15.0 Å². The monoisotopic (exact) mass is 400 g/mol. The third-order valence-corrected chi connectivity index (χ3v) is 6.76. The van der Waals surface area contributed by atoms with Crippen molar-refractivity contribution in [1.29, 1.82) is 0 Å². The minimum atomic E-state index is -0.170. The lowest BCUT2D eigenvalue weighted by molar-refractivity contribution is 0.583. The summed E-state index contributed by atoms with van der Waals surface area (Å²) in [5.41, 5.74) is 0.790. The lowest BCUT2D eigenvalue weighted by atomic mass is 10.2. The number of hydrogen-bond acceptors (Lipinski definition) is 5. The van der Waals surface area contributed by atoms with Crippen LogP contribution in [0.3, 0.4) is 0 Å². The first kappa shape index (κ1) is 14.8. The van der Waals surface area contributed by atoms with Crippen LogP contribution in [-0.2, 0) is 6.54 Å². The highest BCUT2D eigenvalue weighted by atomic mass is 79.9. The standard InChI is InChI=1S/C14H14BrClN4OS/c15-10-9(16)7-8-11-12(10)22-6-5-20(11)14(21)18-13(8)19-3-1-17-2-4-19/h7,17H,1-6H2. The van der Waals surface area contributed by atoms with Gasteiger partial charge in [-0.25, -0.2) is 4.79 Å². The van der Waals surface area contributed by atoms with Crippen LogP contribution in [0.2, 0.25) is 5.02 Å². The Hall–Kier alpha value is -0.760. The van der Waals surface area contributed by atoms with E-state index in [-0.39, 0.29) is 5.69 Å². The smallest absolute Gasteiger partial charge is 0.350 e. The summed E-state index contributed by atoms with van der Waals surface area (Å²) >= 11 is 11.7. The maximum absolute atomic E-state index is 12.5. The summed E-state index contributed by atoms with van der Waals surface area (Å²) in [5.74, 6) is 1.62. The van der Waals surface area contributed by atoms with Crippen molar-refractivity contribution >= 4 is 56.0 Å². The Labute approximate surface area is 145 Å². The van der Waals surface area contributed by atoms with Gasteiger partial charge in [0, 0.05) is 48.8 Å². The van der Waals surface area contributed by atoms with Crippen molar-refractivity contribution in [3.8, 4) is 0 Å². The lowest BCUT2D eigenvalue weighted by Crippen LogP contribution is -2.45. The predicted octanol–water partition coefficient (Wildman–Crippen LogP) is 2.33. The number of rotatable bonds is 1. The number of piperazine rings is 1. The zero-order valence-electron chi connectivity index (χ0n) is 11.7. The zero-order valence-corrected chi connectivity index (χ0v) is 14.9. The third kappa shape index (κ3) is 2.26. The van der Waals surface area contributed by atoms with Crippen LogP contribution < -0.4 is 15.9 Å². The molecule has 2 aromatic rings. The molecule has 8 heteroatoms. The number of benzene rings is 1. The van der Waals surface area contributed by atoms with Gasteiger partial charge in [-0.3, -0.25) is 4.57 Å². The van der Waals surface area contributed by atoms with E-state index in [1.165, 1.54) is 0 Å². The van der Waals surface area contributed by atoms with Gasteiger partial charge in [-0.05, 0) is 22.0 Å². The molecule has 1 N–H and O–H groups in total. The van der Waals surface area contributed by atoms with Crippen LogP contribution in [0.15, 0.2) is 20.2 Å². The highest BCUT2D eigenvalue weighted by molar-refractivity contribution is 9.10. The quantitative estimate of drug-likeness (QED) is 0.795. The van der Waals surface area contributed by atoms with Gasteiger partial charge in [-0.2, -0.15) is 4.98 Å². The molecule has 5 nitrogen and oxygen atoms in total. The molecule has 0 radical (unpaired) electrons. The van der Waals surface area contributed by atoms with Gasteiger partial charge in [0.15, 0.2) is 0 Å². The second kappa shape index (κ2) is 5.70. The van der Waals surface area contributed by atoms with E-state index < -0.39 is 0 Å². The Bertz CT molecular complexity index is 819. The molecule has 1 aromatic carbocycles. The van der Waals surface area contributed by atoms with Gasteiger partial charge in [-0.1, -0.05) is 11.6 Å². The molecule has 0 bridgehead atoms. The second-order valence-electron chi connectivity index (χ2n) is 5.35. The topological polar surface area (TPSA) is 50.2 Å². The van der Waals surface area contributed by atoms with Crippen LogP contribution in [0, 0.1) is 0 Å². The van der Waals surface area contributed by atoms with E-state index in [0.717, 1.165) is 58.0 Å². The molecule has 3 heterocycles. The first-order chi connectivity index (χ1) is 10.7. The molecule has 2 aliphatic heterocycles. The van der Waals surface area contributed by atoms with Crippen LogP contribution in [0.5, 0.6) is 0 Å². The second-order valence-corrected chi connectivity index (χ2v) is 7.66. The van der Waals surface area contributed by atoms with Gasteiger partial charge in [0.25, 0.3) is 0 Å². The fourth-order valence-electron chi connectivity index (χ4n) is 3.03. The molecule has 0 atom stereocenters. The lowest BCUT2D eigenvalue weighted by Gasteiger charge is -2.30. The molecular weight excluding hydrogens is 388 g/mol. The van der Waals surface area contributed by atoms with Crippen molar-refractivity contribution in [2.45, 2.75) is 11.4 Å². The maximum atomic E-state index is 12.5. The van der Waals surface area contributed by atoms with Crippen LogP contribution in [0.1, 0.15) is 0 Å². The van der Waals surface area contributed by atoms with E-state index in [1.807, 2.05) is 6.07 Å². The Morgan fingerprint density at radius 1 is 1.32 bits per heavy atom. The van der Waals surface area contributed by atoms with Crippen LogP contribution in [0.25, 0.3) is 10.9 Å². The molecule has 0 amide bonds. The van der Waals surface area contributed by atoms with Gasteiger partial charge in [0.1, 0.15) is 5.82 Å². The predicted molar refractivity (Wildman–Crippen MR) is 94.5 cm³/mol. The van der Waals surface area contributed by atoms with Crippen LogP contribution >= 0.6 is 39.3 Å². The largest absolute Gasteiger partial charge is 0.353 e. The summed E-state index contributed by atoms with van der Waals surface area (Å²) in [6.45, 7) is 4.19. The van der Waals surface area contributed by atoms with E-state index in [1.54, 1.807) is 16.3 Å². The number of thioether (sulfide) groups is 1. The summed E-state index contributed by atoms with van der Waals surface area (Å²) in [7, 11) is 0. The summed E-state index contributed by atoms with van der Waals surface area (Å²) in [4.78, 5) is 20.0. The maximum Gasteiger partial charge on any atom is 0.350 e.